The number of halogens is 2. The zero-order chi connectivity index (χ0) is 12.7. The zero-order valence-electron chi connectivity index (χ0n) is 9.96. The molecule has 1 N–H and O–H groups in total. The van der Waals surface area contributed by atoms with Crippen LogP contribution in [0.2, 0.25) is 0 Å². The normalized spacial score (nSPS) is 12.7. The van der Waals surface area contributed by atoms with Crippen molar-refractivity contribution in [3.05, 3.63) is 35.4 Å². The van der Waals surface area contributed by atoms with Gasteiger partial charge in [0.1, 0.15) is 11.6 Å². The van der Waals surface area contributed by atoms with Crippen LogP contribution in [-0.2, 0) is 11.2 Å². The van der Waals surface area contributed by atoms with Gasteiger partial charge in [0.2, 0.25) is 0 Å². The van der Waals surface area contributed by atoms with E-state index in [9.17, 15) is 13.9 Å². The van der Waals surface area contributed by atoms with Gasteiger partial charge < -0.3 is 9.84 Å². The number of aliphatic hydroxyl groups is 1. The number of hydrogen-bond donors (Lipinski definition) is 1. The molecule has 1 unspecified atom stereocenters. The first-order valence-corrected chi connectivity index (χ1v) is 5.83. The molecule has 0 aliphatic rings. The molecular formula is C13H18F2O2. The second kappa shape index (κ2) is 7.35. The van der Waals surface area contributed by atoms with Crippen LogP contribution in [0.4, 0.5) is 8.78 Å². The van der Waals surface area contributed by atoms with Crippen LogP contribution in [-0.4, -0.2) is 24.4 Å². The Bertz CT molecular complexity index is 342. The Morgan fingerprint density at radius 2 is 2.12 bits per heavy atom. The highest BCUT2D eigenvalue weighted by atomic mass is 19.1. The Morgan fingerprint density at radius 1 is 1.35 bits per heavy atom. The average Bonchev–Trinajstić information content (AvgIpc) is 2.29. The molecule has 0 bridgehead atoms. The minimum Gasteiger partial charge on any atom is -0.393 e. The maximum absolute atomic E-state index is 13.3. The van der Waals surface area contributed by atoms with E-state index in [1.54, 1.807) is 0 Å². The Labute approximate surface area is 100 Å². The van der Waals surface area contributed by atoms with Gasteiger partial charge in [-0.1, -0.05) is 0 Å². The maximum atomic E-state index is 13.3. The highest BCUT2D eigenvalue weighted by Gasteiger charge is 2.10. The molecule has 1 rings (SSSR count). The van der Waals surface area contributed by atoms with E-state index in [-0.39, 0.29) is 12.0 Å². The fraction of sp³-hybridized carbons (Fsp3) is 0.538. The lowest BCUT2D eigenvalue weighted by Crippen LogP contribution is -2.13. The molecule has 1 aromatic carbocycles. The lowest BCUT2D eigenvalue weighted by atomic mass is 10.0. The van der Waals surface area contributed by atoms with Crippen molar-refractivity contribution in [2.45, 2.75) is 32.3 Å². The molecule has 96 valence electrons. The van der Waals surface area contributed by atoms with E-state index in [0.717, 1.165) is 18.2 Å². The van der Waals surface area contributed by atoms with E-state index < -0.39 is 17.7 Å². The third kappa shape index (κ3) is 5.24. The van der Waals surface area contributed by atoms with Crippen molar-refractivity contribution in [1.29, 1.82) is 0 Å². The second-order valence-electron chi connectivity index (χ2n) is 3.93. The van der Waals surface area contributed by atoms with E-state index in [1.165, 1.54) is 0 Å². The van der Waals surface area contributed by atoms with Gasteiger partial charge in [0.05, 0.1) is 6.10 Å². The largest absolute Gasteiger partial charge is 0.393 e. The van der Waals surface area contributed by atoms with Crippen LogP contribution in [0.3, 0.4) is 0 Å². The fourth-order valence-corrected chi connectivity index (χ4v) is 1.62. The van der Waals surface area contributed by atoms with E-state index in [0.29, 0.717) is 26.1 Å². The maximum Gasteiger partial charge on any atom is 0.126 e. The van der Waals surface area contributed by atoms with Crippen molar-refractivity contribution in [1.82, 2.24) is 0 Å². The first-order chi connectivity index (χ1) is 8.13. The molecule has 0 saturated heterocycles. The van der Waals surface area contributed by atoms with Crippen molar-refractivity contribution in [3.63, 3.8) is 0 Å². The third-order valence-electron chi connectivity index (χ3n) is 2.49. The molecule has 0 aliphatic carbocycles. The van der Waals surface area contributed by atoms with Gasteiger partial charge in [-0.15, -0.1) is 0 Å². The van der Waals surface area contributed by atoms with Gasteiger partial charge in [0.15, 0.2) is 0 Å². The lowest BCUT2D eigenvalue weighted by molar-refractivity contribution is 0.114. The molecule has 0 spiro atoms. The summed E-state index contributed by atoms with van der Waals surface area (Å²) >= 11 is 0. The third-order valence-corrected chi connectivity index (χ3v) is 2.49. The van der Waals surface area contributed by atoms with Crippen LogP contribution in [0.1, 0.15) is 25.3 Å². The summed E-state index contributed by atoms with van der Waals surface area (Å²) in [7, 11) is 0. The summed E-state index contributed by atoms with van der Waals surface area (Å²) in [6, 6.07) is 3.28. The minimum absolute atomic E-state index is 0.135. The van der Waals surface area contributed by atoms with E-state index in [1.807, 2.05) is 6.92 Å². The smallest absolute Gasteiger partial charge is 0.126 e. The molecule has 1 aromatic rings. The predicted octanol–water partition coefficient (Wildman–Crippen LogP) is 2.68. The van der Waals surface area contributed by atoms with Gasteiger partial charge in [0.25, 0.3) is 0 Å². The van der Waals surface area contributed by atoms with Gasteiger partial charge in [-0.3, -0.25) is 0 Å². The standard InChI is InChI=1S/C13H18F2O2/c1-2-17-7-3-4-12(16)9-10-8-11(14)5-6-13(10)15/h5-6,8,12,16H,2-4,7,9H2,1H3. The van der Waals surface area contributed by atoms with Crippen molar-refractivity contribution in [3.8, 4) is 0 Å². The minimum atomic E-state index is -0.660. The summed E-state index contributed by atoms with van der Waals surface area (Å²) < 4.78 is 31.3. The highest BCUT2D eigenvalue weighted by Crippen LogP contribution is 2.13. The first-order valence-electron chi connectivity index (χ1n) is 5.83. The summed E-state index contributed by atoms with van der Waals surface area (Å²) in [6.07, 6.45) is 0.712. The summed E-state index contributed by atoms with van der Waals surface area (Å²) in [5, 5.41) is 9.67. The predicted molar refractivity (Wildman–Crippen MR) is 61.8 cm³/mol. The van der Waals surface area contributed by atoms with Crippen LogP contribution >= 0.6 is 0 Å². The summed E-state index contributed by atoms with van der Waals surface area (Å²) in [6.45, 7) is 3.13. The number of benzene rings is 1. The Hall–Kier alpha value is -1.00. The van der Waals surface area contributed by atoms with Gasteiger partial charge in [0, 0.05) is 19.6 Å². The van der Waals surface area contributed by atoms with Gasteiger partial charge in [-0.2, -0.15) is 0 Å². The molecule has 0 heterocycles. The quantitative estimate of drug-likeness (QED) is 0.747. The molecule has 17 heavy (non-hydrogen) atoms. The molecule has 1 atom stereocenters. The van der Waals surface area contributed by atoms with Crippen LogP contribution in [0.5, 0.6) is 0 Å². The zero-order valence-corrected chi connectivity index (χ0v) is 9.96. The lowest BCUT2D eigenvalue weighted by Gasteiger charge is -2.11. The van der Waals surface area contributed by atoms with Crippen molar-refractivity contribution < 1.29 is 18.6 Å². The van der Waals surface area contributed by atoms with Gasteiger partial charge in [-0.05, 0) is 43.5 Å². The Morgan fingerprint density at radius 3 is 2.82 bits per heavy atom. The number of hydrogen-bond acceptors (Lipinski definition) is 2. The molecule has 0 saturated carbocycles. The molecule has 0 amide bonds. The van der Waals surface area contributed by atoms with Crippen LogP contribution in [0.25, 0.3) is 0 Å². The SMILES string of the molecule is CCOCCCC(O)Cc1cc(F)ccc1F. The molecule has 2 nitrogen and oxygen atoms in total. The van der Waals surface area contributed by atoms with E-state index in [2.05, 4.69) is 0 Å². The Kier molecular flexibility index (Phi) is 6.08. The van der Waals surface area contributed by atoms with Crippen molar-refractivity contribution in [2.24, 2.45) is 0 Å². The number of aliphatic hydroxyl groups excluding tert-OH is 1. The molecule has 0 radical (unpaired) electrons. The topological polar surface area (TPSA) is 29.5 Å². The number of ether oxygens (including phenoxy) is 1. The van der Waals surface area contributed by atoms with Crippen LogP contribution < -0.4 is 0 Å². The molecule has 0 aromatic heterocycles. The van der Waals surface area contributed by atoms with Crippen molar-refractivity contribution in [2.75, 3.05) is 13.2 Å². The molecular weight excluding hydrogens is 226 g/mol. The summed E-state index contributed by atoms with van der Waals surface area (Å²) in [4.78, 5) is 0. The summed E-state index contributed by atoms with van der Waals surface area (Å²) in [5.41, 5.74) is 0.217. The van der Waals surface area contributed by atoms with Crippen LogP contribution in [0.15, 0.2) is 18.2 Å². The second-order valence-corrected chi connectivity index (χ2v) is 3.93. The van der Waals surface area contributed by atoms with E-state index in [4.69, 9.17) is 4.74 Å². The fourth-order valence-electron chi connectivity index (χ4n) is 1.62. The molecule has 0 fully saturated rings. The number of rotatable bonds is 7. The average molecular weight is 244 g/mol. The summed E-state index contributed by atoms with van der Waals surface area (Å²) in [5.74, 6) is -0.960. The molecule has 4 heteroatoms. The highest BCUT2D eigenvalue weighted by molar-refractivity contribution is 5.19. The van der Waals surface area contributed by atoms with Gasteiger partial charge in [-0.25, -0.2) is 8.78 Å². The van der Waals surface area contributed by atoms with E-state index >= 15 is 0 Å². The molecule has 0 aliphatic heterocycles. The van der Waals surface area contributed by atoms with Crippen LogP contribution in [0, 0.1) is 11.6 Å². The monoisotopic (exact) mass is 244 g/mol. The van der Waals surface area contributed by atoms with Crippen molar-refractivity contribution >= 4 is 0 Å². The van der Waals surface area contributed by atoms with Gasteiger partial charge >= 0.3 is 0 Å². The first kappa shape index (κ1) is 14.1. The Balaban J connectivity index is 2.39.